The van der Waals surface area contributed by atoms with E-state index in [1.165, 1.54) is 43.9 Å². The smallest absolute Gasteiger partial charge is 0.116 e. The summed E-state index contributed by atoms with van der Waals surface area (Å²) in [4.78, 5) is 22.0. The zero-order valence-electron chi connectivity index (χ0n) is 22.1. The number of imidazole rings is 1. The number of benzene rings is 4. The van der Waals surface area contributed by atoms with Gasteiger partial charge in [0.2, 0.25) is 0 Å². The summed E-state index contributed by atoms with van der Waals surface area (Å²) in [6, 6.07) is 20.1. The van der Waals surface area contributed by atoms with Crippen molar-refractivity contribution in [3.8, 4) is 22.4 Å². The Morgan fingerprint density at radius 2 is 1.45 bits per heavy atom. The minimum absolute atomic E-state index is 0.378. The second-order valence-electron chi connectivity index (χ2n) is 10.9. The molecule has 5 heteroatoms. The van der Waals surface area contributed by atoms with Gasteiger partial charge in [-0.1, -0.05) is 64.1 Å². The predicted molar refractivity (Wildman–Crippen MR) is 157 cm³/mol. The van der Waals surface area contributed by atoms with Gasteiger partial charge >= 0.3 is 0 Å². The van der Waals surface area contributed by atoms with Gasteiger partial charge in [0.05, 0.1) is 17.6 Å². The standard InChI is InChI=1S/C33H29N5/c1-18(2)29-14-27-25-10-9-23(13-26(25)28-15-34-17-36-31(28)32(27)37-29)21-5-6-22-12-24(8-7-20(22)11-21)30-16-35-33(38-30)19(3)4/h5-13,15-19H,14H2,1-4H3,(H,35,38). The van der Waals surface area contributed by atoms with Crippen LogP contribution in [0.4, 0.5) is 5.69 Å². The van der Waals surface area contributed by atoms with Crippen molar-refractivity contribution < 1.29 is 0 Å². The summed E-state index contributed by atoms with van der Waals surface area (Å²) in [6.45, 7) is 8.72. The van der Waals surface area contributed by atoms with Crippen molar-refractivity contribution in [3.63, 3.8) is 0 Å². The Balaban J connectivity index is 1.32. The molecule has 0 bridgehead atoms. The number of fused-ring (bicyclic) bond motifs is 7. The average molecular weight is 496 g/mol. The van der Waals surface area contributed by atoms with Gasteiger partial charge in [0.25, 0.3) is 0 Å². The lowest BCUT2D eigenvalue weighted by Gasteiger charge is -2.12. The summed E-state index contributed by atoms with van der Waals surface area (Å²) in [6.07, 6.45) is 6.38. The molecule has 1 aliphatic heterocycles. The molecule has 0 saturated carbocycles. The van der Waals surface area contributed by atoms with Crippen LogP contribution < -0.4 is 0 Å². The molecule has 2 aromatic heterocycles. The summed E-state index contributed by atoms with van der Waals surface area (Å²) < 4.78 is 0. The zero-order chi connectivity index (χ0) is 26.0. The zero-order valence-corrected chi connectivity index (χ0v) is 22.1. The molecular formula is C33H29N5. The van der Waals surface area contributed by atoms with E-state index in [0.29, 0.717) is 11.8 Å². The van der Waals surface area contributed by atoms with E-state index in [-0.39, 0.29) is 0 Å². The third-order valence-electron chi connectivity index (χ3n) is 7.76. The number of nitrogens with one attached hydrogen (secondary N) is 1. The van der Waals surface area contributed by atoms with Crippen molar-refractivity contribution in [3.05, 3.63) is 84.7 Å². The Kier molecular flexibility index (Phi) is 5.15. The second-order valence-corrected chi connectivity index (χ2v) is 10.9. The number of rotatable bonds is 4. The summed E-state index contributed by atoms with van der Waals surface area (Å²) in [7, 11) is 0. The number of hydrogen-bond acceptors (Lipinski definition) is 4. The van der Waals surface area contributed by atoms with Crippen molar-refractivity contribution in [2.45, 2.75) is 40.0 Å². The van der Waals surface area contributed by atoms with Crippen molar-refractivity contribution in [2.75, 3.05) is 0 Å². The molecule has 4 aromatic carbocycles. The van der Waals surface area contributed by atoms with Crippen LogP contribution in [0, 0.1) is 5.92 Å². The fraction of sp³-hybridized carbons (Fsp3) is 0.212. The highest BCUT2D eigenvalue weighted by Crippen LogP contribution is 2.42. The maximum absolute atomic E-state index is 5.00. The maximum Gasteiger partial charge on any atom is 0.116 e. The van der Waals surface area contributed by atoms with E-state index >= 15 is 0 Å². The molecule has 0 fully saturated rings. The van der Waals surface area contributed by atoms with Gasteiger partial charge in [-0.15, -0.1) is 0 Å². The lowest BCUT2D eigenvalue weighted by molar-refractivity contribution is 0.795. The lowest BCUT2D eigenvalue weighted by Crippen LogP contribution is -2.06. The molecule has 7 rings (SSSR count). The van der Waals surface area contributed by atoms with Crippen molar-refractivity contribution in [1.29, 1.82) is 0 Å². The Labute approximate surface area is 221 Å². The quantitative estimate of drug-likeness (QED) is 0.250. The van der Waals surface area contributed by atoms with Crippen LogP contribution in [0.25, 0.3) is 54.8 Å². The first-order valence-electron chi connectivity index (χ1n) is 13.3. The van der Waals surface area contributed by atoms with E-state index in [1.807, 2.05) is 12.4 Å². The number of aromatic nitrogens is 4. The van der Waals surface area contributed by atoms with Crippen LogP contribution in [0.5, 0.6) is 0 Å². The van der Waals surface area contributed by atoms with Crippen molar-refractivity contribution in [2.24, 2.45) is 10.9 Å². The summed E-state index contributed by atoms with van der Waals surface area (Å²) in [5, 5.41) is 5.92. The largest absolute Gasteiger partial charge is 0.342 e. The Bertz CT molecular complexity index is 1910. The van der Waals surface area contributed by atoms with Gasteiger partial charge in [0.15, 0.2) is 0 Å². The second kappa shape index (κ2) is 8.59. The van der Waals surface area contributed by atoms with Gasteiger partial charge < -0.3 is 4.98 Å². The average Bonchev–Trinajstić information content (AvgIpc) is 3.61. The minimum atomic E-state index is 0.378. The number of hydrogen-bond donors (Lipinski definition) is 1. The molecule has 6 aromatic rings. The highest BCUT2D eigenvalue weighted by Gasteiger charge is 2.24. The molecule has 1 aliphatic rings. The number of aromatic amines is 1. The monoisotopic (exact) mass is 495 g/mol. The van der Waals surface area contributed by atoms with Gasteiger partial charge in [-0.25, -0.2) is 15.0 Å². The van der Waals surface area contributed by atoms with E-state index in [0.717, 1.165) is 40.1 Å². The Hall–Kier alpha value is -4.38. The SMILES string of the molecule is CC(C)C1=Nc2c(c3ccc(-c4ccc5cc(-c6cnc(C(C)C)[nH]6)ccc5c4)cc3c3cncnc23)C1. The van der Waals surface area contributed by atoms with Gasteiger partial charge in [-0.2, -0.15) is 0 Å². The molecule has 0 radical (unpaired) electrons. The number of aliphatic imine (C=N–C) groups is 1. The van der Waals surface area contributed by atoms with Crippen molar-refractivity contribution >= 4 is 43.8 Å². The molecule has 0 unspecified atom stereocenters. The lowest BCUT2D eigenvalue weighted by atomic mass is 9.92. The highest BCUT2D eigenvalue weighted by molar-refractivity contribution is 6.17. The molecule has 186 valence electrons. The van der Waals surface area contributed by atoms with Gasteiger partial charge in [0.1, 0.15) is 17.7 Å². The normalized spacial score (nSPS) is 13.3. The first-order chi connectivity index (χ1) is 18.5. The van der Waals surface area contributed by atoms with Crippen molar-refractivity contribution in [1.82, 2.24) is 19.9 Å². The van der Waals surface area contributed by atoms with Gasteiger partial charge in [0, 0.05) is 35.2 Å². The van der Waals surface area contributed by atoms with E-state index < -0.39 is 0 Å². The first kappa shape index (κ1) is 22.8. The van der Waals surface area contributed by atoms with E-state index in [1.54, 1.807) is 6.33 Å². The van der Waals surface area contributed by atoms with Gasteiger partial charge in [-0.3, -0.25) is 4.99 Å². The molecule has 5 nitrogen and oxygen atoms in total. The maximum atomic E-state index is 5.00. The fourth-order valence-corrected chi connectivity index (χ4v) is 5.56. The molecule has 0 amide bonds. The summed E-state index contributed by atoms with van der Waals surface area (Å²) in [5.41, 5.74) is 9.06. The van der Waals surface area contributed by atoms with Crippen LogP contribution in [0.1, 0.15) is 45.0 Å². The number of H-pyrrole nitrogens is 1. The Morgan fingerprint density at radius 3 is 2.21 bits per heavy atom. The van der Waals surface area contributed by atoms with E-state index in [2.05, 4.69) is 102 Å². The molecule has 0 spiro atoms. The Morgan fingerprint density at radius 1 is 0.711 bits per heavy atom. The van der Waals surface area contributed by atoms with E-state index in [4.69, 9.17) is 4.99 Å². The topological polar surface area (TPSA) is 66.8 Å². The molecule has 0 aliphatic carbocycles. The third-order valence-corrected chi connectivity index (χ3v) is 7.76. The van der Waals surface area contributed by atoms with Crippen LogP contribution in [0.2, 0.25) is 0 Å². The molecule has 3 heterocycles. The molecule has 0 atom stereocenters. The third kappa shape index (κ3) is 3.61. The molecular weight excluding hydrogens is 466 g/mol. The summed E-state index contributed by atoms with van der Waals surface area (Å²) >= 11 is 0. The fourth-order valence-electron chi connectivity index (χ4n) is 5.56. The predicted octanol–water partition coefficient (Wildman–Crippen LogP) is 8.40. The van der Waals surface area contributed by atoms with Crippen LogP contribution >= 0.6 is 0 Å². The van der Waals surface area contributed by atoms with E-state index in [9.17, 15) is 0 Å². The number of nitrogens with zero attached hydrogens (tertiary/aromatic N) is 4. The van der Waals surface area contributed by atoms with Crippen LogP contribution in [-0.2, 0) is 6.42 Å². The van der Waals surface area contributed by atoms with Gasteiger partial charge in [-0.05, 0) is 62.4 Å². The van der Waals surface area contributed by atoms with Crippen LogP contribution in [-0.4, -0.2) is 25.6 Å². The minimum Gasteiger partial charge on any atom is -0.342 e. The summed E-state index contributed by atoms with van der Waals surface area (Å²) in [5.74, 6) is 1.81. The first-order valence-corrected chi connectivity index (χ1v) is 13.3. The molecule has 0 saturated heterocycles. The molecule has 38 heavy (non-hydrogen) atoms. The molecule has 1 N–H and O–H groups in total. The highest BCUT2D eigenvalue weighted by atomic mass is 14.9. The van der Waals surface area contributed by atoms with Crippen LogP contribution in [0.15, 0.2) is 78.3 Å². The van der Waals surface area contributed by atoms with Crippen LogP contribution in [0.3, 0.4) is 0 Å².